The minimum atomic E-state index is -0.114. The van der Waals surface area contributed by atoms with Gasteiger partial charge in [0.05, 0.1) is 11.1 Å². The molecule has 0 saturated heterocycles. The number of hydrogen-bond donors (Lipinski definition) is 1. The van der Waals surface area contributed by atoms with Gasteiger partial charge in [0, 0.05) is 23.2 Å². The average Bonchev–Trinajstić information content (AvgIpc) is 3.29. The van der Waals surface area contributed by atoms with Crippen LogP contribution in [0.5, 0.6) is 0 Å². The monoisotopic (exact) mass is 503 g/mol. The third-order valence-corrected chi connectivity index (χ3v) is 7.78. The topological polar surface area (TPSA) is 64.0 Å². The minimum Gasteiger partial charge on any atom is -0.325 e. The standard InChI is InChI=1S/C28H29N3O2S2/c1-5-15-31-27(33)24-22(21-13-11-18(4)12-14-21)16-34-26(24)30-28(31)35-17-23(32)29-25-19(6-2)9-8-10-20(25)7-3/h5,8-14,16H,1,6-7,15,17H2,2-4H3,(H,29,32). The summed E-state index contributed by atoms with van der Waals surface area (Å²) in [5.41, 5.74) is 6.07. The molecule has 2 heterocycles. The molecule has 0 aliphatic heterocycles. The number of fused-ring (bicyclic) bond motifs is 1. The molecule has 0 aliphatic rings. The van der Waals surface area contributed by atoms with Gasteiger partial charge in [-0.15, -0.1) is 17.9 Å². The van der Waals surface area contributed by atoms with Crippen molar-refractivity contribution in [2.24, 2.45) is 0 Å². The summed E-state index contributed by atoms with van der Waals surface area (Å²) in [4.78, 5) is 31.9. The largest absolute Gasteiger partial charge is 0.325 e. The number of benzene rings is 2. The van der Waals surface area contributed by atoms with Crippen LogP contribution in [-0.2, 0) is 24.2 Å². The number of anilines is 1. The average molecular weight is 504 g/mol. The molecule has 0 fully saturated rings. The number of carbonyl (C=O) groups excluding carboxylic acids is 1. The van der Waals surface area contributed by atoms with Crippen LogP contribution in [0.3, 0.4) is 0 Å². The normalized spacial score (nSPS) is 11.1. The molecule has 0 unspecified atom stereocenters. The van der Waals surface area contributed by atoms with Crippen LogP contribution in [0.1, 0.15) is 30.5 Å². The summed E-state index contributed by atoms with van der Waals surface area (Å²) in [5.74, 6) is 0.0450. The minimum absolute atomic E-state index is 0.112. The summed E-state index contributed by atoms with van der Waals surface area (Å²) in [6.07, 6.45) is 3.37. The zero-order valence-corrected chi connectivity index (χ0v) is 21.9. The van der Waals surface area contributed by atoms with Crippen molar-refractivity contribution in [3.63, 3.8) is 0 Å². The van der Waals surface area contributed by atoms with Crippen molar-refractivity contribution >= 4 is 44.9 Å². The Hall–Kier alpha value is -3.16. The number of thioether (sulfide) groups is 1. The molecule has 180 valence electrons. The molecule has 0 spiro atoms. The van der Waals surface area contributed by atoms with E-state index in [2.05, 4.69) is 25.7 Å². The number of carbonyl (C=O) groups is 1. The lowest BCUT2D eigenvalue weighted by Gasteiger charge is -2.15. The van der Waals surface area contributed by atoms with E-state index in [0.717, 1.165) is 40.8 Å². The molecule has 1 amide bonds. The van der Waals surface area contributed by atoms with Crippen LogP contribution < -0.4 is 10.9 Å². The summed E-state index contributed by atoms with van der Waals surface area (Å²) in [5, 5.41) is 6.21. The Balaban J connectivity index is 1.63. The van der Waals surface area contributed by atoms with E-state index in [0.29, 0.717) is 21.9 Å². The van der Waals surface area contributed by atoms with Gasteiger partial charge in [0.2, 0.25) is 5.91 Å². The Morgan fingerprint density at radius 1 is 1.14 bits per heavy atom. The first-order valence-corrected chi connectivity index (χ1v) is 13.6. The molecule has 7 heteroatoms. The highest BCUT2D eigenvalue weighted by molar-refractivity contribution is 7.99. The van der Waals surface area contributed by atoms with E-state index in [9.17, 15) is 9.59 Å². The van der Waals surface area contributed by atoms with Gasteiger partial charge >= 0.3 is 0 Å². The number of thiophene rings is 1. The molecule has 2 aromatic heterocycles. The maximum Gasteiger partial charge on any atom is 0.263 e. The van der Waals surface area contributed by atoms with E-state index in [1.807, 2.05) is 54.8 Å². The van der Waals surface area contributed by atoms with E-state index in [1.165, 1.54) is 28.7 Å². The van der Waals surface area contributed by atoms with Crippen LogP contribution >= 0.6 is 23.1 Å². The second-order valence-electron chi connectivity index (χ2n) is 8.29. The SMILES string of the molecule is C=CCn1c(SCC(=O)Nc2c(CC)cccc2CC)nc2scc(-c3ccc(C)cc3)c2c1=O. The predicted molar refractivity (Wildman–Crippen MR) is 149 cm³/mol. The number of allylic oxidation sites excluding steroid dienone is 1. The number of aryl methyl sites for hydroxylation is 3. The zero-order valence-electron chi connectivity index (χ0n) is 20.3. The van der Waals surface area contributed by atoms with Crippen LogP contribution in [0.25, 0.3) is 21.3 Å². The van der Waals surface area contributed by atoms with Crippen LogP contribution in [0.15, 0.2) is 70.5 Å². The molecule has 1 N–H and O–H groups in total. The van der Waals surface area contributed by atoms with Crippen molar-refractivity contribution in [2.45, 2.75) is 45.3 Å². The molecule has 2 aromatic carbocycles. The van der Waals surface area contributed by atoms with Crippen LogP contribution in [-0.4, -0.2) is 21.2 Å². The van der Waals surface area contributed by atoms with Crippen LogP contribution in [0.4, 0.5) is 5.69 Å². The molecule has 0 aliphatic carbocycles. The first-order valence-electron chi connectivity index (χ1n) is 11.7. The first kappa shape index (κ1) is 24.9. The van der Waals surface area contributed by atoms with Gasteiger partial charge in [0.1, 0.15) is 4.83 Å². The smallest absolute Gasteiger partial charge is 0.263 e. The van der Waals surface area contributed by atoms with Crippen LogP contribution in [0, 0.1) is 6.92 Å². The number of rotatable bonds is 9. The summed E-state index contributed by atoms with van der Waals surface area (Å²) in [6.45, 7) is 10.3. The lowest BCUT2D eigenvalue weighted by atomic mass is 10.0. The fourth-order valence-corrected chi connectivity index (χ4v) is 5.86. The Bertz CT molecular complexity index is 1410. The van der Waals surface area contributed by atoms with Crippen molar-refractivity contribution in [1.82, 2.24) is 9.55 Å². The van der Waals surface area contributed by atoms with Crippen molar-refractivity contribution < 1.29 is 4.79 Å². The second-order valence-corrected chi connectivity index (χ2v) is 10.1. The van der Waals surface area contributed by atoms with Gasteiger partial charge in [-0.2, -0.15) is 0 Å². The summed E-state index contributed by atoms with van der Waals surface area (Å²) >= 11 is 2.73. The maximum absolute atomic E-state index is 13.5. The van der Waals surface area contributed by atoms with Gasteiger partial charge < -0.3 is 5.32 Å². The summed E-state index contributed by atoms with van der Waals surface area (Å²) in [6, 6.07) is 14.2. The van der Waals surface area contributed by atoms with Gasteiger partial charge in [-0.1, -0.05) is 79.7 Å². The second kappa shape index (κ2) is 11.1. The van der Waals surface area contributed by atoms with E-state index < -0.39 is 0 Å². The maximum atomic E-state index is 13.5. The number of nitrogens with zero attached hydrogens (tertiary/aromatic N) is 2. The molecule has 0 radical (unpaired) electrons. The fraction of sp³-hybridized carbons (Fsp3) is 0.250. The molecule has 5 nitrogen and oxygen atoms in total. The zero-order chi connectivity index (χ0) is 24.9. The Morgan fingerprint density at radius 3 is 2.46 bits per heavy atom. The molecule has 0 bridgehead atoms. The lowest BCUT2D eigenvalue weighted by Crippen LogP contribution is -2.24. The Kier molecular flexibility index (Phi) is 7.88. The summed E-state index contributed by atoms with van der Waals surface area (Å²) < 4.78 is 1.61. The highest BCUT2D eigenvalue weighted by atomic mass is 32.2. The van der Waals surface area contributed by atoms with Crippen molar-refractivity contribution in [3.05, 3.63) is 87.5 Å². The third kappa shape index (κ3) is 5.26. The van der Waals surface area contributed by atoms with Gasteiger partial charge in [0.25, 0.3) is 5.56 Å². The fourth-order valence-electron chi connectivity index (χ4n) is 4.06. The van der Waals surface area contributed by atoms with Gasteiger partial charge in [-0.25, -0.2) is 4.98 Å². The predicted octanol–water partition coefficient (Wildman–Crippen LogP) is 6.48. The van der Waals surface area contributed by atoms with E-state index in [-0.39, 0.29) is 17.2 Å². The van der Waals surface area contributed by atoms with Crippen molar-refractivity contribution in [3.8, 4) is 11.1 Å². The Labute approximate surface area is 213 Å². The van der Waals surface area contributed by atoms with Gasteiger partial charge in [-0.05, 0) is 36.5 Å². The molecule has 35 heavy (non-hydrogen) atoms. The molecule has 4 aromatic rings. The first-order chi connectivity index (χ1) is 17.0. The molecular weight excluding hydrogens is 474 g/mol. The van der Waals surface area contributed by atoms with Gasteiger partial charge in [0.15, 0.2) is 5.16 Å². The summed E-state index contributed by atoms with van der Waals surface area (Å²) in [7, 11) is 0. The number of nitrogens with one attached hydrogen (secondary N) is 1. The van der Waals surface area contributed by atoms with E-state index >= 15 is 0 Å². The van der Waals surface area contributed by atoms with E-state index in [4.69, 9.17) is 4.98 Å². The number of hydrogen-bond acceptors (Lipinski definition) is 5. The Morgan fingerprint density at radius 2 is 1.83 bits per heavy atom. The van der Waals surface area contributed by atoms with Crippen LogP contribution in [0.2, 0.25) is 0 Å². The highest BCUT2D eigenvalue weighted by Gasteiger charge is 2.18. The molecule has 0 atom stereocenters. The van der Waals surface area contributed by atoms with Gasteiger partial charge in [-0.3, -0.25) is 14.2 Å². The number of amides is 1. The quantitative estimate of drug-likeness (QED) is 0.161. The van der Waals surface area contributed by atoms with Crippen molar-refractivity contribution in [1.29, 1.82) is 0 Å². The number of para-hydroxylation sites is 1. The lowest BCUT2D eigenvalue weighted by molar-refractivity contribution is -0.113. The van der Waals surface area contributed by atoms with Crippen molar-refractivity contribution in [2.75, 3.05) is 11.1 Å². The highest BCUT2D eigenvalue weighted by Crippen LogP contribution is 2.32. The number of aromatic nitrogens is 2. The van der Waals surface area contributed by atoms with E-state index in [1.54, 1.807) is 10.6 Å². The third-order valence-electron chi connectivity index (χ3n) is 5.93. The molecule has 0 saturated carbocycles. The molecule has 4 rings (SSSR count). The molecular formula is C28H29N3O2S2.